The molecule has 1 atom stereocenters. The van der Waals surface area contributed by atoms with Crippen molar-refractivity contribution < 1.29 is 9.90 Å². The Morgan fingerprint density at radius 2 is 2.00 bits per heavy atom. The summed E-state index contributed by atoms with van der Waals surface area (Å²) in [6.07, 6.45) is 0.852. The third-order valence-corrected chi connectivity index (χ3v) is 2.13. The highest BCUT2D eigenvalue weighted by Crippen LogP contribution is 2.18. The van der Waals surface area contributed by atoms with Crippen molar-refractivity contribution in [3.8, 4) is 5.75 Å². The lowest BCUT2D eigenvalue weighted by Gasteiger charge is -2.17. The normalized spacial score (nSPS) is 12.1. The second kappa shape index (κ2) is 5.36. The van der Waals surface area contributed by atoms with Crippen LogP contribution in [0.3, 0.4) is 0 Å². The predicted octanol–water partition coefficient (Wildman–Crippen LogP) is 1.48. The van der Waals surface area contributed by atoms with Crippen LogP contribution < -0.4 is 10.9 Å². The van der Waals surface area contributed by atoms with Gasteiger partial charge >= 0.3 is 0 Å². The molecule has 0 radical (unpaired) electrons. The molecule has 3 N–H and O–H groups in total. The molecule has 1 rings (SSSR count). The highest BCUT2D eigenvalue weighted by atomic mass is 16.3. The minimum absolute atomic E-state index is 0.0644. The van der Waals surface area contributed by atoms with Gasteiger partial charge < -0.3 is 5.11 Å². The molecule has 0 unspecified atom stereocenters. The number of hydrogen-bond donors (Lipinski definition) is 3. The maximum absolute atomic E-state index is 10.7. The average Bonchev–Trinajstić information content (AvgIpc) is 2.21. The molecule has 4 nitrogen and oxygen atoms in total. The number of carbonyl (C=O) groups excluding carboxylic acids is 1. The van der Waals surface area contributed by atoms with Crippen LogP contribution in [-0.2, 0) is 4.79 Å². The fourth-order valence-electron chi connectivity index (χ4n) is 1.32. The van der Waals surface area contributed by atoms with Gasteiger partial charge in [0.2, 0.25) is 5.91 Å². The van der Waals surface area contributed by atoms with Crippen LogP contribution >= 0.6 is 0 Å². The quantitative estimate of drug-likeness (QED) is 0.657. The summed E-state index contributed by atoms with van der Waals surface area (Å²) in [6.45, 7) is 3.48. The van der Waals surface area contributed by atoms with Crippen molar-refractivity contribution in [2.75, 3.05) is 0 Å². The molecule has 82 valence electrons. The zero-order valence-corrected chi connectivity index (χ0v) is 8.95. The molecule has 0 fully saturated rings. The van der Waals surface area contributed by atoms with Gasteiger partial charge in [-0.1, -0.05) is 19.1 Å². The molecule has 0 aliphatic rings. The van der Waals surface area contributed by atoms with E-state index in [1.807, 2.05) is 19.1 Å². The molecule has 4 heteroatoms. The number of phenols is 1. The van der Waals surface area contributed by atoms with Crippen LogP contribution in [0.1, 0.15) is 31.9 Å². The Kier molecular flexibility index (Phi) is 4.12. The number of rotatable bonds is 4. The number of carbonyl (C=O) groups is 1. The van der Waals surface area contributed by atoms with E-state index in [9.17, 15) is 4.79 Å². The predicted molar refractivity (Wildman–Crippen MR) is 58.1 cm³/mol. The van der Waals surface area contributed by atoms with Crippen molar-refractivity contribution in [2.45, 2.75) is 26.3 Å². The monoisotopic (exact) mass is 208 g/mol. The van der Waals surface area contributed by atoms with Crippen LogP contribution in [0.2, 0.25) is 0 Å². The smallest absolute Gasteiger partial charge is 0.230 e. The van der Waals surface area contributed by atoms with E-state index < -0.39 is 0 Å². The maximum atomic E-state index is 10.7. The zero-order valence-electron chi connectivity index (χ0n) is 8.95. The van der Waals surface area contributed by atoms with Crippen LogP contribution in [0, 0.1) is 0 Å². The third kappa shape index (κ3) is 3.59. The molecular formula is C11H16N2O2. The van der Waals surface area contributed by atoms with Crippen molar-refractivity contribution in [3.05, 3.63) is 29.8 Å². The van der Waals surface area contributed by atoms with Gasteiger partial charge in [-0.05, 0) is 24.1 Å². The lowest BCUT2D eigenvalue weighted by molar-refractivity contribution is -0.120. The van der Waals surface area contributed by atoms with Crippen LogP contribution in [-0.4, -0.2) is 11.0 Å². The van der Waals surface area contributed by atoms with E-state index in [0.717, 1.165) is 12.0 Å². The molecule has 1 aromatic carbocycles. The van der Waals surface area contributed by atoms with Crippen LogP contribution in [0.4, 0.5) is 0 Å². The van der Waals surface area contributed by atoms with E-state index in [2.05, 4.69) is 10.9 Å². The van der Waals surface area contributed by atoms with Gasteiger partial charge in [0.1, 0.15) is 5.75 Å². The van der Waals surface area contributed by atoms with E-state index in [0.29, 0.717) is 0 Å². The third-order valence-electron chi connectivity index (χ3n) is 2.13. The lowest BCUT2D eigenvalue weighted by Crippen LogP contribution is -2.38. The summed E-state index contributed by atoms with van der Waals surface area (Å²) in [7, 11) is 0. The summed E-state index contributed by atoms with van der Waals surface area (Å²) < 4.78 is 0. The van der Waals surface area contributed by atoms with Crippen molar-refractivity contribution in [1.29, 1.82) is 0 Å². The van der Waals surface area contributed by atoms with E-state index in [-0.39, 0.29) is 17.7 Å². The van der Waals surface area contributed by atoms with Crippen LogP contribution in [0.25, 0.3) is 0 Å². The number of amides is 1. The number of benzene rings is 1. The number of phenolic OH excluding ortho intramolecular Hbond substituents is 1. The highest BCUT2D eigenvalue weighted by molar-refractivity contribution is 5.72. The first-order chi connectivity index (χ1) is 7.13. The van der Waals surface area contributed by atoms with Gasteiger partial charge in [0, 0.05) is 6.92 Å². The molecule has 0 saturated heterocycles. The van der Waals surface area contributed by atoms with Crippen molar-refractivity contribution in [2.24, 2.45) is 0 Å². The van der Waals surface area contributed by atoms with Crippen molar-refractivity contribution in [3.63, 3.8) is 0 Å². The topological polar surface area (TPSA) is 61.4 Å². The lowest BCUT2D eigenvalue weighted by atomic mass is 10.1. The second-order valence-corrected chi connectivity index (χ2v) is 3.38. The molecule has 0 bridgehead atoms. The molecule has 1 aromatic rings. The SMILES string of the molecule is CC[C@@H](NNC(C)=O)c1ccc(O)cc1. The summed E-state index contributed by atoms with van der Waals surface area (Å²) in [5, 5.41) is 9.14. The minimum Gasteiger partial charge on any atom is -0.508 e. The van der Waals surface area contributed by atoms with Crippen LogP contribution in [0.15, 0.2) is 24.3 Å². The Morgan fingerprint density at radius 3 is 2.47 bits per heavy atom. The van der Waals surface area contributed by atoms with E-state index in [1.54, 1.807) is 12.1 Å². The molecule has 0 aliphatic carbocycles. The Labute approximate surface area is 89.3 Å². The summed E-state index contributed by atoms with van der Waals surface area (Å²) in [6, 6.07) is 6.99. The van der Waals surface area contributed by atoms with Gasteiger partial charge in [0.25, 0.3) is 0 Å². The highest BCUT2D eigenvalue weighted by Gasteiger charge is 2.08. The fraction of sp³-hybridized carbons (Fsp3) is 0.364. The maximum Gasteiger partial charge on any atom is 0.230 e. The van der Waals surface area contributed by atoms with Gasteiger partial charge in [-0.15, -0.1) is 0 Å². The van der Waals surface area contributed by atoms with Gasteiger partial charge in [-0.3, -0.25) is 10.2 Å². The first kappa shape index (κ1) is 11.5. The van der Waals surface area contributed by atoms with Gasteiger partial charge in [0.15, 0.2) is 0 Å². The molecule has 15 heavy (non-hydrogen) atoms. The number of aromatic hydroxyl groups is 1. The van der Waals surface area contributed by atoms with E-state index in [1.165, 1.54) is 6.92 Å². The minimum atomic E-state index is -0.118. The summed E-state index contributed by atoms with van der Waals surface area (Å²) in [5.74, 6) is 0.125. The standard InChI is InChI=1S/C11H16N2O2/c1-3-11(13-12-8(2)14)9-4-6-10(15)7-5-9/h4-7,11,13,15H,3H2,1-2H3,(H,12,14)/t11-/m1/s1. The van der Waals surface area contributed by atoms with E-state index in [4.69, 9.17) is 5.11 Å². The Balaban J connectivity index is 2.65. The Bertz CT molecular complexity index is 322. The first-order valence-corrected chi connectivity index (χ1v) is 4.94. The second-order valence-electron chi connectivity index (χ2n) is 3.38. The molecule has 0 saturated carbocycles. The zero-order chi connectivity index (χ0) is 11.3. The Hall–Kier alpha value is -1.55. The molecule has 1 amide bonds. The van der Waals surface area contributed by atoms with Crippen molar-refractivity contribution >= 4 is 5.91 Å². The van der Waals surface area contributed by atoms with E-state index >= 15 is 0 Å². The average molecular weight is 208 g/mol. The molecule has 0 spiro atoms. The summed E-state index contributed by atoms with van der Waals surface area (Å²) >= 11 is 0. The van der Waals surface area contributed by atoms with Gasteiger partial charge in [-0.25, -0.2) is 5.43 Å². The molecular weight excluding hydrogens is 192 g/mol. The van der Waals surface area contributed by atoms with Crippen molar-refractivity contribution in [1.82, 2.24) is 10.9 Å². The number of hydrogen-bond acceptors (Lipinski definition) is 3. The fourth-order valence-corrected chi connectivity index (χ4v) is 1.32. The van der Waals surface area contributed by atoms with Gasteiger partial charge in [0.05, 0.1) is 6.04 Å². The first-order valence-electron chi connectivity index (χ1n) is 4.94. The van der Waals surface area contributed by atoms with Crippen LogP contribution in [0.5, 0.6) is 5.75 Å². The van der Waals surface area contributed by atoms with Gasteiger partial charge in [-0.2, -0.15) is 0 Å². The molecule has 0 aliphatic heterocycles. The molecule has 0 heterocycles. The Morgan fingerprint density at radius 1 is 1.40 bits per heavy atom. The largest absolute Gasteiger partial charge is 0.508 e. The summed E-state index contributed by atoms with van der Waals surface area (Å²) in [4.78, 5) is 10.7. The summed E-state index contributed by atoms with van der Waals surface area (Å²) in [5.41, 5.74) is 6.51. The molecule has 0 aromatic heterocycles. The number of hydrazine groups is 1. The number of nitrogens with one attached hydrogen (secondary N) is 2.